The number of nitrogens with two attached hydrogens (primary N) is 1. The van der Waals surface area contributed by atoms with E-state index in [0.29, 0.717) is 31.0 Å². The molecule has 96 valence electrons. The number of benzene rings is 1. The van der Waals surface area contributed by atoms with Gasteiger partial charge in [-0.25, -0.2) is 8.78 Å². The van der Waals surface area contributed by atoms with Crippen molar-refractivity contribution in [1.29, 1.82) is 0 Å². The highest BCUT2D eigenvalue weighted by atomic mass is 19.1. The first-order valence-corrected chi connectivity index (χ1v) is 6.02. The molecule has 1 rings (SSSR count). The minimum atomic E-state index is -0.534. The molecule has 1 unspecified atom stereocenters. The summed E-state index contributed by atoms with van der Waals surface area (Å²) in [5.41, 5.74) is 6.12. The molecular weight excluding hydrogens is 222 g/mol. The summed E-state index contributed by atoms with van der Waals surface area (Å²) in [6.45, 7) is 4.28. The zero-order valence-electron chi connectivity index (χ0n) is 10.2. The van der Waals surface area contributed by atoms with E-state index in [1.54, 1.807) is 0 Å². The van der Waals surface area contributed by atoms with E-state index < -0.39 is 11.6 Å². The van der Waals surface area contributed by atoms with Crippen molar-refractivity contribution in [3.63, 3.8) is 0 Å². The van der Waals surface area contributed by atoms with Gasteiger partial charge in [0.1, 0.15) is 11.6 Å². The molecule has 0 aliphatic carbocycles. The number of halogens is 2. The van der Waals surface area contributed by atoms with Crippen LogP contribution in [0.2, 0.25) is 0 Å². The molecule has 0 saturated heterocycles. The van der Waals surface area contributed by atoms with Crippen molar-refractivity contribution in [2.75, 3.05) is 19.6 Å². The second-order valence-electron chi connectivity index (χ2n) is 4.20. The molecule has 0 aliphatic heterocycles. The number of rotatable bonds is 7. The van der Waals surface area contributed by atoms with E-state index in [9.17, 15) is 8.78 Å². The van der Waals surface area contributed by atoms with Gasteiger partial charge in [-0.05, 0) is 43.6 Å². The largest absolute Gasteiger partial charge is 0.330 e. The normalized spacial score (nSPS) is 12.7. The maximum Gasteiger partial charge on any atom is 0.129 e. The standard InChI is InChI=1S/C13H20F2N2/c1-2-10(8-16)9-17-6-5-11-3-4-12(14)7-13(11)15/h3-4,7,10,17H,2,5-6,8-9,16H2,1H3. The molecule has 1 atom stereocenters. The summed E-state index contributed by atoms with van der Waals surface area (Å²) >= 11 is 0. The average Bonchev–Trinajstić information content (AvgIpc) is 2.32. The molecule has 0 aromatic heterocycles. The lowest BCUT2D eigenvalue weighted by molar-refractivity contribution is 0.471. The van der Waals surface area contributed by atoms with Crippen molar-refractivity contribution < 1.29 is 8.78 Å². The van der Waals surface area contributed by atoms with E-state index in [0.717, 1.165) is 19.0 Å². The van der Waals surface area contributed by atoms with E-state index in [2.05, 4.69) is 12.2 Å². The average molecular weight is 242 g/mol. The van der Waals surface area contributed by atoms with Gasteiger partial charge >= 0.3 is 0 Å². The lowest BCUT2D eigenvalue weighted by Gasteiger charge is -2.13. The first-order chi connectivity index (χ1) is 8.17. The van der Waals surface area contributed by atoms with Gasteiger partial charge in [0.05, 0.1) is 0 Å². The fourth-order valence-electron chi connectivity index (χ4n) is 1.65. The smallest absolute Gasteiger partial charge is 0.129 e. The van der Waals surface area contributed by atoms with Crippen LogP contribution >= 0.6 is 0 Å². The maximum atomic E-state index is 13.3. The maximum absolute atomic E-state index is 13.3. The molecule has 1 aromatic carbocycles. The Bertz CT molecular complexity index is 338. The number of nitrogens with one attached hydrogen (secondary N) is 1. The molecule has 3 N–H and O–H groups in total. The Kier molecular flexibility index (Phi) is 6.08. The summed E-state index contributed by atoms with van der Waals surface area (Å²) in [6.07, 6.45) is 1.60. The Morgan fingerprint density at radius 2 is 2.12 bits per heavy atom. The van der Waals surface area contributed by atoms with Crippen LogP contribution in [0.25, 0.3) is 0 Å². The fourth-order valence-corrected chi connectivity index (χ4v) is 1.65. The Balaban J connectivity index is 2.31. The third-order valence-corrected chi connectivity index (χ3v) is 2.93. The molecule has 0 aliphatic rings. The molecule has 0 radical (unpaired) electrons. The fraction of sp³-hybridized carbons (Fsp3) is 0.538. The summed E-state index contributed by atoms with van der Waals surface area (Å²) in [5, 5.41) is 3.24. The molecule has 0 bridgehead atoms. The van der Waals surface area contributed by atoms with Crippen molar-refractivity contribution in [2.24, 2.45) is 11.7 Å². The van der Waals surface area contributed by atoms with Gasteiger partial charge < -0.3 is 11.1 Å². The van der Waals surface area contributed by atoms with Crippen molar-refractivity contribution in [3.8, 4) is 0 Å². The zero-order valence-corrected chi connectivity index (χ0v) is 10.2. The topological polar surface area (TPSA) is 38.0 Å². The van der Waals surface area contributed by atoms with E-state index in [4.69, 9.17) is 5.73 Å². The van der Waals surface area contributed by atoms with Crippen LogP contribution in [0.4, 0.5) is 8.78 Å². The second kappa shape index (κ2) is 7.35. The Morgan fingerprint density at radius 3 is 2.71 bits per heavy atom. The lowest BCUT2D eigenvalue weighted by atomic mass is 10.1. The lowest BCUT2D eigenvalue weighted by Crippen LogP contribution is -2.29. The Morgan fingerprint density at radius 1 is 1.35 bits per heavy atom. The molecule has 4 heteroatoms. The van der Waals surface area contributed by atoms with Crippen molar-refractivity contribution in [3.05, 3.63) is 35.4 Å². The summed E-state index contributed by atoms with van der Waals surface area (Å²) in [5.74, 6) is -0.542. The van der Waals surface area contributed by atoms with Crippen molar-refractivity contribution in [2.45, 2.75) is 19.8 Å². The van der Waals surface area contributed by atoms with Crippen LogP contribution in [0.5, 0.6) is 0 Å². The van der Waals surface area contributed by atoms with Crippen LogP contribution in [0, 0.1) is 17.6 Å². The molecule has 0 heterocycles. The van der Waals surface area contributed by atoms with Crippen molar-refractivity contribution in [1.82, 2.24) is 5.32 Å². The molecular formula is C13H20F2N2. The summed E-state index contributed by atoms with van der Waals surface area (Å²) in [6, 6.07) is 3.70. The van der Waals surface area contributed by atoms with E-state index in [1.807, 2.05) is 0 Å². The predicted octanol–water partition coefficient (Wildman–Crippen LogP) is 2.08. The summed E-state index contributed by atoms with van der Waals surface area (Å²) in [7, 11) is 0. The number of hydrogen-bond acceptors (Lipinski definition) is 2. The Labute approximate surface area is 101 Å². The van der Waals surface area contributed by atoms with Gasteiger partial charge in [-0.3, -0.25) is 0 Å². The third-order valence-electron chi connectivity index (χ3n) is 2.93. The van der Waals surface area contributed by atoms with Crippen LogP contribution in [0.3, 0.4) is 0 Å². The third kappa shape index (κ3) is 4.79. The first-order valence-electron chi connectivity index (χ1n) is 6.02. The predicted molar refractivity (Wildman–Crippen MR) is 65.8 cm³/mol. The van der Waals surface area contributed by atoms with Crippen LogP contribution in [-0.2, 0) is 6.42 Å². The van der Waals surface area contributed by atoms with Gasteiger partial charge in [0.2, 0.25) is 0 Å². The Hall–Kier alpha value is -1.00. The molecule has 1 aromatic rings. The summed E-state index contributed by atoms with van der Waals surface area (Å²) < 4.78 is 25.9. The van der Waals surface area contributed by atoms with Crippen LogP contribution < -0.4 is 11.1 Å². The minimum absolute atomic E-state index is 0.466. The summed E-state index contributed by atoms with van der Waals surface area (Å²) in [4.78, 5) is 0. The second-order valence-corrected chi connectivity index (χ2v) is 4.20. The monoisotopic (exact) mass is 242 g/mol. The highest BCUT2D eigenvalue weighted by Crippen LogP contribution is 2.09. The first kappa shape index (κ1) is 14.1. The molecule has 0 amide bonds. The quantitative estimate of drug-likeness (QED) is 0.718. The van der Waals surface area contributed by atoms with Crippen molar-refractivity contribution >= 4 is 0 Å². The molecule has 0 spiro atoms. The van der Waals surface area contributed by atoms with Gasteiger partial charge in [-0.1, -0.05) is 19.4 Å². The molecule has 17 heavy (non-hydrogen) atoms. The van der Waals surface area contributed by atoms with Crippen LogP contribution in [0.1, 0.15) is 18.9 Å². The van der Waals surface area contributed by atoms with E-state index in [1.165, 1.54) is 12.1 Å². The molecule has 2 nitrogen and oxygen atoms in total. The van der Waals surface area contributed by atoms with Gasteiger partial charge in [0.25, 0.3) is 0 Å². The highest BCUT2D eigenvalue weighted by Gasteiger charge is 2.05. The van der Waals surface area contributed by atoms with Gasteiger partial charge in [-0.2, -0.15) is 0 Å². The number of hydrogen-bond donors (Lipinski definition) is 2. The zero-order chi connectivity index (χ0) is 12.7. The van der Waals surface area contributed by atoms with E-state index in [-0.39, 0.29) is 0 Å². The van der Waals surface area contributed by atoms with Crippen LogP contribution in [-0.4, -0.2) is 19.6 Å². The van der Waals surface area contributed by atoms with Gasteiger partial charge in [-0.15, -0.1) is 0 Å². The minimum Gasteiger partial charge on any atom is -0.330 e. The SMILES string of the molecule is CCC(CN)CNCCc1ccc(F)cc1F. The van der Waals surface area contributed by atoms with Gasteiger partial charge in [0.15, 0.2) is 0 Å². The van der Waals surface area contributed by atoms with E-state index >= 15 is 0 Å². The van der Waals surface area contributed by atoms with Gasteiger partial charge in [0, 0.05) is 6.07 Å². The molecule has 0 fully saturated rings. The van der Waals surface area contributed by atoms with Crippen LogP contribution in [0.15, 0.2) is 18.2 Å². The highest BCUT2D eigenvalue weighted by molar-refractivity contribution is 5.18. The molecule has 0 saturated carbocycles.